The second-order valence-electron chi connectivity index (χ2n) is 6.14. The predicted octanol–water partition coefficient (Wildman–Crippen LogP) is 3.33. The van der Waals surface area contributed by atoms with Gasteiger partial charge in [-0.15, -0.1) is 0 Å². The lowest BCUT2D eigenvalue weighted by Gasteiger charge is -2.29. The minimum atomic E-state index is 0.0912. The molecule has 1 amide bonds. The van der Waals surface area contributed by atoms with Crippen molar-refractivity contribution < 1.29 is 4.79 Å². The maximum Gasteiger partial charge on any atom is 0.228 e. The summed E-state index contributed by atoms with van der Waals surface area (Å²) in [4.78, 5) is 27.9. The summed E-state index contributed by atoms with van der Waals surface area (Å²) in [7, 11) is 0. The summed E-state index contributed by atoms with van der Waals surface area (Å²) in [5, 5.41) is 0. The third-order valence-corrected chi connectivity index (χ3v) is 4.43. The lowest BCUT2D eigenvalue weighted by atomic mass is 10.0. The zero-order valence-corrected chi connectivity index (χ0v) is 14.0. The Morgan fingerprint density at radius 2 is 1.88 bits per heavy atom. The van der Waals surface area contributed by atoms with Gasteiger partial charge < -0.3 is 0 Å². The second-order valence-corrected chi connectivity index (χ2v) is 6.14. The fourth-order valence-electron chi connectivity index (χ4n) is 3.14. The van der Waals surface area contributed by atoms with Gasteiger partial charge in [0.1, 0.15) is 5.82 Å². The van der Waals surface area contributed by atoms with Gasteiger partial charge in [0, 0.05) is 35.6 Å². The van der Waals surface area contributed by atoms with Crippen molar-refractivity contribution in [3.8, 4) is 11.4 Å². The van der Waals surface area contributed by atoms with Gasteiger partial charge in [-0.25, -0.2) is 9.97 Å². The van der Waals surface area contributed by atoms with Crippen molar-refractivity contribution in [1.29, 1.82) is 0 Å². The molecule has 4 rings (SSSR count). The van der Waals surface area contributed by atoms with Crippen LogP contribution in [-0.2, 0) is 17.8 Å². The first-order chi connectivity index (χ1) is 12.2. The molecule has 0 aliphatic carbocycles. The molecule has 0 bridgehead atoms. The number of hydrogen-bond acceptors (Lipinski definition) is 4. The number of pyridine rings is 1. The van der Waals surface area contributed by atoms with Crippen LogP contribution < -0.4 is 4.90 Å². The lowest BCUT2D eigenvalue weighted by Crippen LogP contribution is -2.36. The van der Waals surface area contributed by atoms with Crippen LogP contribution in [0.1, 0.15) is 23.2 Å². The van der Waals surface area contributed by atoms with Crippen LogP contribution in [0.15, 0.2) is 54.9 Å². The number of aryl methyl sites for hydroxylation is 1. The first-order valence-corrected chi connectivity index (χ1v) is 8.34. The first kappa shape index (κ1) is 15.4. The highest BCUT2D eigenvalue weighted by Crippen LogP contribution is 2.31. The van der Waals surface area contributed by atoms with Gasteiger partial charge in [-0.05, 0) is 25.0 Å². The van der Waals surface area contributed by atoms with Gasteiger partial charge in [-0.1, -0.05) is 36.4 Å². The molecule has 0 spiro atoms. The molecular weight excluding hydrogens is 312 g/mol. The molecule has 0 atom stereocenters. The van der Waals surface area contributed by atoms with Crippen LogP contribution in [0.3, 0.4) is 0 Å². The summed E-state index contributed by atoms with van der Waals surface area (Å²) in [6.07, 6.45) is 4.70. The van der Waals surface area contributed by atoms with Gasteiger partial charge in [-0.3, -0.25) is 14.7 Å². The fraction of sp³-hybridized carbons (Fsp3) is 0.200. The number of anilines is 1. The predicted molar refractivity (Wildman–Crippen MR) is 96.0 cm³/mol. The molecule has 0 N–H and O–H groups in total. The number of hydrogen-bond donors (Lipinski definition) is 0. The highest BCUT2D eigenvalue weighted by molar-refractivity contribution is 5.95. The Kier molecular flexibility index (Phi) is 3.98. The SMILES string of the molecule is Cc1nc(-c2ccccc2)nc2c1CCC(=O)N2Cc1cccnc1. The summed E-state index contributed by atoms with van der Waals surface area (Å²) in [6.45, 7) is 2.47. The van der Waals surface area contributed by atoms with Crippen LogP contribution in [-0.4, -0.2) is 20.9 Å². The number of benzene rings is 1. The van der Waals surface area contributed by atoms with E-state index < -0.39 is 0 Å². The number of fused-ring (bicyclic) bond motifs is 1. The quantitative estimate of drug-likeness (QED) is 0.739. The molecule has 2 aromatic heterocycles. The molecule has 1 aromatic carbocycles. The molecule has 3 heterocycles. The summed E-state index contributed by atoms with van der Waals surface area (Å²) in [5.74, 6) is 1.47. The van der Waals surface area contributed by atoms with Crippen molar-refractivity contribution in [3.05, 3.63) is 71.7 Å². The summed E-state index contributed by atoms with van der Waals surface area (Å²) >= 11 is 0. The first-order valence-electron chi connectivity index (χ1n) is 8.34. The molecule has 5 heteroatoms. The van der Waals surface area contributed by atoms with Crippen molar-refractivity contribution in [2.75, 3.05) is 4.90 Å². The highest BCUT2D eigenvalue weighted by atomic mass is 16.2. The highest BCUT2D eigenvalue weighted by Gasteiger charge is 2.28. The Bertz CT molecular complexity index is 910. The van der Waals surface area contributed by atoms with Crippen molar-refractivity contribution in [3.63, 3.8) is 0 Å². The van der Waals surface area contributed by atoms with E-state index in [9.17, 15) is 4.79 Å². The molecule has 0 saturated heterocycles. The van der Waals surface area contributed by atoms with E-state index in [2.05, 4.69) is 9.97 Å². The van der Waals surface area contributed by atoms with E-state index in [1.165, 1.54) is 0 Å². The number of carbonyl (C=O) groups excluding carboxylic acids is 1. The van der Waals surface area contributed by atoms with E-state index in [-0.39, 0.29) is 5.91 Å². The third kappa shape index (κ3) is 3.01. The number of nitrogens with zero attached hydrogens (tertiary/aromatic N) is 4. The number of rotatable bonds is 3. The molecule has 0 unspecified atom stereocenters. The van der Waals surface area contributed by atoms with E-state index >= 15 is 0 Å². The van der Waals surface area contributed by atoms with Gasteiger partial charge in [0.05, 0.1) is 6.54 Å². The van der Waals surface area contributed by atoms with Crippen LogP contribution in [0.5, 0.6) is 0 Å². The van der Waals surface area contributed by atoms with Crippen LogP contribution in [0.2, 0.25) is 0 Å². The molecule has 1 aliphatic heterocycles. The zero-order chi connectivity index (χ0) is 17.2. The van der Waals surface area contributed by atoms with Crippen molar-refractivity contribution in [1.82, 2.24) is 15.0 Å². The Morgan fingerprint density at radius 3 is 2.64 bits per heavy atom. The Labute approximate surface area is 146 Å². The standard InChI is InChI=1S/C20H18N4O/c1-14-17-9-10-18(25)24(13-15-6-5-11-21-12-15)20(17)23-19(22-14)16-7-3-2-4-8-16/h2-8,11-12H,9-10,13H2,1H3. The fourth-order valence-corrected chi connectivity index (χ4v) is 3.14. The molecular formula is C20H18N4O. The van der Waals surface area contributed by atoms with E-state index in [4.69, 9.17) is 4.98 Å². The molecule has 0 saturated carbocycles. The molecule has 0 fully saturated rings. The average Bonchev–Trinajstić information content (AvgIpc) is 2.65. The van der Waals surface area contributed by atoms with Crippen LogP contribution in [0.4, 0.5) is 5.82 Å². The molecule has 5 nitrogen and oxygen atoms in total. The summed E-state index contributed by atoms with van der Waals surface area (Å²) < 4.78 is 0. The van der Waals surface area contributed by atoms with Crippen LogP contribution >= 0.6 is 0 Å². The molecule has 124 valence electrons. The molecule has 3 aromatic rings. The van der Waals surface area contributed by atoms with Gasteiger partial charge in [0.25, 0.3) is 0 Å². The van der Waals surface area contributed by atoms with Crippen LogP contribution in [0.25, 0.3) is 11.4 Å². The minimum absolute atomic E-state index is 0.0912. The Hall–Kier alpha value is -3.08. The summed E-state index contributed by atoms with van der Waals surface area (Å²) in [6, 6.07) is 13.7. The Morgan fingerprint density at radius 1 is 1.04 bits per heavy atom. The number of aromatic nitrogens is 3. The van der Waals surface area contributed by atoms with Crippen molar-refractivity contribution >= 4 is 11.7 Å². The van der Waals surface area contributed by atoms with E-state index in [1.54, 1.807) is 17.3 Å². The van der Waals surface area contributed by atoms with Gasteiger partial charge >= 0.3 is 0 Å². The van der Waals surface area contributed by atoms with E-state index in [1.807, 2.05) is 49.4 Å². The minimum Gasteiger partial charge on any atom is -0.292 e. The molecule has 1 aliphatic rings. The monoisotopic (exact) mass is 330 g/mol. The normalized spacial score (nSPS) is 13.6. The van der Waals surface area contributed by atoms with E-state index in [0.717, 1.165) is 28.2 Å². The van der Waals surface area contributed by atoms with Gasteiger partial charge in [-0.2, -0.15) is 0 Å². The second kappa shape index (κ2) is 6.43. The maximum absolute atomic E-state index is 12.6. The summed E-state index contributed by atoms with van der Waals surface area (Å²) in [5.41, 5.74) is 3.93. The molecule has 0 radical (unpaired) electrons. The van der Waals surface area contributed by atoms with Crippen LogP contribution in [0, 0.1) is 6.92 Å². The zero-order valence-electron chi connectivity index (χ0n) is 14.0. The number of carbonyl (C=O) groups is 1. The maximum atomic E-state index is 12.6. The average molecular weight is 330 g/mol. The largest absolute Gasteiger partial charge is 0.292 e. The Balaban J connectivity index is 1.79. The van der Waals surface area contributed by atoms with Gasteiger partial charge in [0.15, 0.2) is 5.82 Å². The third-order valence-electron chi connectivity index (χ3n) is 4.43. The topological polar surface area (TPSA) is 59.0 Å². The lowest BCUT2D eigenvalue weighted by molar-refractivity contribution is -0.119. The van der Waals surface area contributed by atoms with Crippen molar-refractivity contribution in [2.24, 2.45) is 0 Å². The van der Waals surface area contributed by atoms with Crippen molar-refractivity contribution in [2.45, 2.75) is 26.3 Å². The molecule has 25 heavy (non-hydrogen) atoms. The smallest absolute Gasteiger partial charge is 0.228 e. The number of amides is 1. The van der Waals surface area contributed by atoms with Gasteiger partial charge in [0.2, 0.25) is 5.91 Å². The van der Waals surface area contributed by atoms with E-state index in [0.29, 0.717) is 25.2 Å².